The minimum absolute atomic E-state index is 0.0181. The summed E-state index contributed by atoms with van der Waals surface area (Å²) in [7, 11) is 0. The van der Waals surface area contributed by atoms with E-state index in [1.54, 1.807) is 19.1 Å². The number of halogens is 3. The van der Waals surface area contributed by atoms with Crippen LogP contribution < -0.4 is 4.74 Å². The molecule has 21 heavy (non-hydrogen) atoms. The molecule has 1 aromatic carbocycles. The highest BCUT2D eigenvalue weighted by molar-refractivity contribution is 9.10. The molecule has 0 saturated heterocycles. The Balaban J connectivity index is 2.48. The monoisotopic (exact) mass is 390 g/mol. The fourth-order valence-electron chi connectivity index (χ4n) is 1.99. The zero-order chi connectivity index (χ0) is 15.7. The highest BCUT2D eigenvalue weighted by atomic mass is 79.9. The van der Waals surface area contributed by atoms with Gasteiger partial charge in [-0.15, -0.1) is 5.10 Å². The molecule has 1 N–H and O–H groups in total. The summed E-state index contributed by atoms with van der Waals surface area (Å²) in [6, 6.07) is 3.29. The van der Waals surface area contributed by atoms with E-state index >= 15 is 0 Å². The van der Waals surface area contributed by atoms with Gasteiger partial charge in [-0.2, -0.15) is 5.10 Å². The molecule has 0 saturated carbocycles. The van der Waals surface area contributed by atoms with E-state index in [1.165, 1.54) is 0 Å². The second-order valence-corrected chi connectivity index (χ2v) is 6.54. The Morgan fingerprint density at radius 3 is 2.29 bits per heavy atom. The standard InChI is InChI=1S/C14H13BrCl2N2O2/c1-6(2)11-7(3)18-19-14(12(11)20)21-13-9(16)4-8(15)5-10(13)17/h4-6H,1-3H3,(H,18,20). The lowest BCUT2D eigenvalue weighted by Gasteiger charge is -2.15. The van der Waals surface area contributed by atoms with Gasteiger partial charge in [0.2, 0.25) is 0 Å². The molecule has 0 atom stereocenters. The molecule has 0 unspecified atom stereocenters. The molecule has 0 aliphatic carbocycles. The number of aromatic hydroxyl groups is 1. The van der Waals surface area contributed by atoms with Crippen LogP contribution in [0.4, 0.5) is 0 Å². The van der Waals surface area contributed by atoms with Crippen molar-refractivity contribution in [2.45, 2.75) is 26.7 Å². The first-order chi connectivity index (χ1) is 9.81. The Bertz CT molecular complexity index is 670. The lowest BCUT2D eigenvalue weighted by atomic mass is 10.0. The van der Waals surface area contributed by atoms with Gasteiger partial charge in [0, 0.05) is 10.0 Å². The largest absolute Gasteiger partial charge is 0.503 e. The topological polar surface area (TPSA) is 55.2 Å². The molecule has 7 heteroatoms. The van der Waals surface area contributed by atoms with Crippen LogP contribution in [0.1, 0.15) is 31.0 Å². The normalized spacial score (nSPS) is 11.0. The summed E-state index contributed by atoms with van der Waals surface area (Å²) >= 11 is 15.5. The highest BCUT2D eigenvalue weighted by Crippen LogP contribution is 2.42. The van der Waals surface area contributed by atoms with Crippen LogP contribution in [0.5, 0.6) is 17.4 Å². The van der Waals surface area contributed by atoms with Crippen molar-refractivity contribution in [2.75, 3.05) is 0 Å². The zero-order valence-corrected chi connectivity index (χ0v) is 14.7. The first-order valence-corrected chi connectivity index (χ1v) is 7.74. The third kappa shape index (κ3) is 3.42. The van der Waals surface area contributed by atoms with Gasteiger partial charge in [-0.1, -0.05) is 53.0 Å². The molecule has 2 rings (SSSR count). The minimum atomic E-state index is -0.0486. The number of aromatic nitrogens is 2. The summed E-state index contributed by atoms with van der Waals surface area (Å²) < 4.78 is 6.29. The summed E-state index contributed by atoms with van der Waals surface area (Å²) in [5.41, 5.74) is 1.34. The molecule has 112 valence electrons. The van der Waals surface area contributed by atoms with E-state index in [4.69, 9.17) is 27.9 Å². The van der Waals surface area contributed by atoms with Gasteiger partial charge in [0.25, 0.3) is 5.88 Å². The predicted molar refractivity (Wildman–Crippen MR) is 86.8 cm³/mol. The van der Waals surface area contributed by atoms with Crippen LogP contribution in [0.25, 0.3) is 0 Å². The van der Waals surface area contributed by atoms with Crippen molar-refractivity contribution in [3.8, 4) is 17.4 Å². The zero-order valence-electron chi connectivity index (χ0n) is 11.6. The smallest absolute Gasteiger partial charge is 0.281 e. The second-order valence-electron chi connectivity index (χ2n) is 4.81. The van der Waals surface area contributed by atoms with E-state index in [0.717, 1.165) is 4.47 Å². The molecule has 0 bridgehead atoms. The number of aryl methyl sites for hydroxylation is 1. The third-order valence-electron chi connectivity index (χ3n) is 2.88. The maximum atomic E-state index is 10.3. The average molecular weight is 392 g/mol. The number of hydrogen-bond donors (Lipinski definition) is 1. The quantitative estimate of drug-likeness (QED) is 0.752. The summed E-state index contributed by atoms with van der Waals surface area (Å²) in [6.07, 6.45) is 0. The predicted octanol–water partition coefficient (Wildman–Crippen LogP) is 5.48. The molecule has 4 nitrogen and oxygen atoms in total. The van der Waals surface area contributed by atoms with Gasteiger partial charge < -0.3 is 9.84 Å². The van der Waals surface area contributed by atoms with Crippen molar-refractivity contribution in [2.24, 2.45) is 0 Å². The molecule has 1 aromatic heterocycles. The lowest BCUT2D eigenvalue weighted by Crippen LogP contribution is -2.01. The van der Waals surface area contributed by atoms with Gasteiger partial charge in [0.05, 0.1) is 15.7 Å². The highest BCUT2D eigenvalue weighted by Gasteiger charge is 2.20. The van der Waals surface area contributed by atoms with E-state index in [-0.39, 0.29) is 23.3 Å². The van der Waals surface area contributed by atoms with Crippen LogP contribution in [0.3, 0.4) is 0 Å². The minimum Gasteiger partial charge on any atom is -0.503 e. The SMILES string of the molecule is Cc1nnc(Oc2c(Cl)cc(Br)cc2Cl)c(O)c1C(C)C. The van der Waals surface area contributed by atoms with Crippen LogP contribution in [0.15, 0.2) is 16.6 Å². The van der Waals surface area contributed by atoms with E-state index in [2.05, 4.69) is 26.1 Å². The molecule has 0 amide bonds. The van der Waals surface area contributed by atoms with Gasteiger partial charge in [-0.3, -0.25) is 0 Å². The van der Waals surface area contributed by atoms with Crippen molar-refractivity contribution in [3.63, 3.8) is 0 Å². The second kappa shape index (κ2) is 6.38. The van der Waals surface area contributed by atoms with Crippen LogP contribution in [-0.2, 0) is 0 Å². The molecule has 1 heterocycles. The number of nitrogens with zero attached hydrogens (tertiary/aromatic N) is 2. The number of ether oxygens (including phenoxy) is 1. The van der Waals surface area contributed by atoms with Crippen LogP contribution in [0, 0.1) is 6.92 Å². The van der Waals surface area contributed by atoms with Gasteiger partial charge in [-0.25, -0.2) is 0 Å². The van der Waals surface area contributed by atoms with E-state index in [9.17, 15) is 5.11 Å². The van der Waals surface area contributed by atoms with Crippen LogP contribution >= 0.6 is 39.1 Å². The van der Waals surface area contributed by atoms with Crippen molar-refractivity contribution >= 4 is 39.1 Å². The van der Waals surface area contributed by atoms with Crippen molar-refractivity contribution in [3.05, 3.63) is 37.9 Å². The molecule has 0 spiro atoms. The average Bonchev–Trinajstić information content (AvgIpc) is 2.35. The van der Waals surface area contributed by atoms with Gasteiger partial charge in [0.1, 0.15) is 0 Å². The molecular formula is C14H13BrCl2N2O2. The van der Waals surface area contributed by atoms with Gasteiger partial charge >= 0.3 is 0 Å². The number of rotatable bonds is 3. The maximum Gasteiger partial charge on any atom is 0.281 e. The first-order valence-electron chi connectivity index (χ1n) is 6.19. The van der Waals surface area contributed by atoms with Crippen molar-refractivity contribution in [1.29, 1.82) is 0 Å². The molecule has 2 aromatic rings. The van der Waals surface area contributed by atoms with E-state index < -0.39 is 0 Å². The molecular weight excluding hydrogens is 379 g/mol. The third-order valence-corrected chi connectivity index (χ3v) is 3.90. The van der Waals surface area contributed by atoms with Crippen molar-refractivity contribution < 1.29 is 9.84 Å². The Hall–Kier alpha value is -1.04. The first kappa shape index (κ1) is 16.3. The summed E-state index contributed by atoms with van der Waals surface area (Å²) in [5.74, 6) is 0.242. The summed E-state index contributed by atoms with van der Waals surface area (Å²) in [6.45, 7) is 5.69. The fraction of sp³-hybridized carbons (Fsp3) is 0.286. The number of hydrogen-bond acceptors (Lipinski definition) is 4. The number of benzene rings is 1. The lowest BCUT2D eigenvalue weighted by molar-refractivity contribution is 0.384. The van der Waals surface area contributed by atoms with Gasteiger partial charge in [0.15, 0.2) is 11.5 Å². The van der Waals surface area contributed by atoms with Gasteiger partial charge in [-0.05, 0) is 25.0 Å². The Labute approximate surface area is 141 Å². The van der Waals surface area contributed by atoms with E-state index in [1.807, 2.05) is 13.8 Å². The van der Waals surface area contributed by atoms with Crippen LogP contribution in [0.2, 0.25) is 10.0 Å². The summed E-state index contributed by atoms with van der Waals surface area (Å²) in [4.78, 5) is 0. The molecule has 0 fully saturated rings. The summed E-state index contributed by atoms with van der Waals surface area (Å²) in [5, 5.41) is 18.8. The molecule has 0 radical (unpaired) electrons. The van der Waals surface area contributed by atoms with Crippen molar-refractivity contribution in [1.82, 2.24) is 10.2 Å². The Kier molecular flexibility index (Phi) is 4.96. The maximum absolute atomic E-state index is 10.3. The Morgan fingerprint density at radius 2 is 1.76 bits per heavy atom. The Morgan fingerprint density at radius 1 is 1.19 bits per heavy atom. The van der Waals surface area contributed by atoms with E-state index in [0.29, 0.717) is 21.3 Å². The fourth-order valence-corrected chi connectivity index (χ4v) is 3.28. The molecule has 0 aliphatic heterocycles. The van der Waals surface area contributed by atoms with Crippen LogP contribution in [-0.4, -0.2) is 15.3 Å². The molecule has 0 aliphatic rings.